The average molecular weight is 1920 g/mol. The largest absolute Gasteiger partial charge is 0.477 e. The van der Waals surface area contributed by atoms with Crippen LogP contribution in [0.1, 0.15) is 239 Å². The highest BCUT2D eigenvalue weighted by atomic mass is 16.8. The van der Waals surface area contributed by atoms with Crippen molar-refractivity contribution in [3.05, 3.63) is 0 Å². The van der Waals surface area contributed by atoms with Crippen LogP contribution in [0.4, 0.5) is 0 Å². The van der Waals surface area contributed by atoms with Gasteiger partial charge in [0.1, 0.15) is 136 Å². The Morgan fingerprint density at radius 2 is 0.780 bits per heavy atom. The number of rotatable bonds is 68. The second-order valence-electron chi connectivity index (χ2n) is 35.3. The standard InChI is InChI=1S/C86H154N4O42/c1-4-6-8-10-12-14-16-17-18-19-20-21-22-23-25-27-29-31-33-35-50(98)78(115)87-48(65(107)49(97)34-32-30-28-26-24-15-13-11-9-7-5-2)45-123-79-71(113)70(112)73(58(43-95)127-79)128-80-72(114)77(69(111)57(42-94)126-80)132-86(83(120)121)38-53(101)63(75(131-86)67(109)55(103)40-92)90-61(106)46-124-84(81(116)117)36-51(99)62(74(129-84)66(108)54(102)39-91)89-60(105)47-125-85(82(118)119)37-52(100)64(88-59(104)44-96)76(130-85)68(110)56(41-93)122-3/h48-58,62-77,79-80,91-103,107-114H,4-47H2,1-3H3,(H,87,115)(H,88,104)(H,89,105)(H,90,106)(H,116,117)(H,118,119)(H,120,121). The molecule has 46 nitrogen and oxygen atoms in total. The molecule has 5 heterocycles. The van der Waals surface area contributed by atoms with E-state index in [1.165, 1.54) is 103 Å². The molecular formula is C86H154N4O42. The first kappa shape index (κ1) is 118. The minimum atomic E-state index is -3.51. The lowest BCUT2D eigenvalue weighted by molar-refractivity contribution is -0.386. The molecule has 5 rings (SSSR count). The molecule has 0 bridgehead atoms. The number of nitrogens with one attached hydrogen (secondary N) is 4. The van der Waals surface area contributed by atoms with Gasteiger partial charge in [-0.1, -0.05) is 206 Å². The predicted molar refractivity (Wildman–Crippen MR) is 455 cm³/mol. The Morgan fingerprint density at radius 1 is 0.409 bits per heavy atom. The van der Waals surface area contributed by atoms with E-state index >= 15 is 0 Å². The van der Waals surface area contributed by atoms with Crippen LogP contribution < -0.4 is 21.3 Å². The van der Waals surface area contributed by atoms with Crippen molar-refractivity contribution in [1.29, 1.82) is 0 Å². The van der Waals surface area contributed by atoms with E-state index in [2.05, 4.69) is 35.1 Å². The lowest BCUT2D eigenvalue weighted by Crippen LogP contribution is -2.71. The third-order valence-corrected chi connectivity index (χ3v) is 25.1. The fraction of sp³-hybridized carbons (Fsp3) is 0.919. The fourth-order valence-corrected chi connectivity index (χ4v) is 17.1. The highest BCUT2D eigenvalue weighted by molar-refractivity contribution is 5.82. The van der Waals surface area contributed by atoms with Gasteiger partial charge >= 0.3 is 17.9 Å². The molecule has 32 atom stereocenters. The van der Waals surface area contributed by atoms with E-state index in [9.17, 15) is 156 Å². The van der Waals surface area contributed by atoms with E-state index in [-0.39, 0.29) is 12.8 Å². The summed E-state index contributed by atoms with van der Waals surface area (Å²) >= 11 is 0. The number of carboxylic acid groups (broad SMARTS) is 3. The summed E-state index contributed by atoms with van der Waals surface area (Å²) in [5.74, 6) is -21.8. The molecule has 132 heavy (non-hydrogen) atoms. The number of carbonyl (C=O) groups excluding carboxylic acids is 4. The van der Waals surface area contributed by atoms with Crippen molar-refractivity contribution in [1.82, 2.24) is 21.3 Å². The van der Waals surface area contributed by atoms with Gasteiger partial charge in [-0.05, 0) is 12.8 Å². The van der Waals surface area contributed by atoms with Gasteiger partial charge < -0.3 is 196 Å². The van der Waals surface area contributed by atoms with Crippen molar-refractivity contribution >= 4 is 41.5 Å². The number of carboxylic acids is 3. The minimum Gasteiger partial charge on any atom is -0.477 e. The van der Waals surface area contributed by atoms with Gasteiger partial charge in [-0.15, -0.1) is 0 Å². The van der Waals surface area contributed by atoms with Crippen LogP contribution >= 0.6 is 0 Å². The van der Waals surface area contributed by atoms with Crippen LogP contribution in [0.5, 0.6) is 0 Å². The number of ether oxygens (including phenoxy) is 11. The van der Waals surface area contributed by atoms with E-state index in [0.717, 1.165) is 84.2 Å². The van der Waals surface area contributed by atoms with Crippen molar-refractivity contribution < 1.29 is 208 Å². The van der Waals surface area contributed by atoms with Gasteiger partial charge in [0.05, 0.1) is 88.2 Å². The Hall–Kier alpha value is -4.99. The predicted octanol–water partition coefficient (Wildman–Crippen LogP) is -5.19. The lowest BCUT2D eigenvalue weighted by Gasteiger charge is -2.50. The molecule has 0 radical (unpaired) electrons. The van der Waals surface area contributed by atoms with E-state index in [0.29, 0.717) is 12.8 Å². The summed E-state index contributed by atoms with van der Waals surface area (Å²) in [6.45, 7) is -6.67. The van der Waals surface area contributed by atoms with Gasteiger partial charge in [0, 0.05) is 26.4 Å². The molecule has 5 saturated heterocycles. The molecule has 5 aliphatic heterocycles. The van der Waals surface area contributed by atoms with Crippen molar-refractivity contribution in [2.45, 2.75) is 433 Å². The molecule has 770 valence electrons. The molecule has 0 aromatic heterocycles. The molecule has 0 saturated carbocycles. The molecule has 0 aliphatic carbocycles. The Kier molecular flexibility index (Phi) is 54.1. The second kappa shape index (κ2) is 60.8. The first-order chi connectivity index (χ1) is 62.9. The third-order valence-electron chi connectivity index (χ3n) is 25.1. The molecule has 5 aliphatic rings. The molecular weight excluding hydrogens is 1760 g/mol. The van der Waals surface area contributed by atoms with E-state index < -0.39 is 315 Å². The highest BCUT2D eigenvalue weighted by Crippen LogP contribution is 2.41. The maximum atomic E-state index is 14.1. The number of aliphatic hydroxyl groups is 21. The van der Waals surface area contributed by atoms with Gasteiger partial charge in [0.25, 0.3) is 17.4 Å². The van der Waals surface area contributed by atoms with Crippen LogP contribution in [-0.4, -0.2) is 425 Å². The van der Waals surface area contributed by atoms with Gasteiger partial charge in [-0.3, -0.25) is 19.2 Å². The van der Waals surface area contributed by atoms with Crippen molar-refractivity contribution in [2.24, 2.45) is 0 Å². The summed E-state index contributed by atoms with van der Waals surface area (Å²) in [5.41, 5.74) is 0. The zero-order chi connectivity index (χ0) is 98.0. The number of aliphatic hydroxyl groups excluding tert-OH is 21. The van der Waals surface area contributed by atoms with Gasteiger partial charge in [0.2, 0.25) is 23.6 Å². The number of carbonyl (C=O) groups is 7. The zero-order valence-corrected chi connectivity index (χ0v) is 75.9. The van der Waals surface area contributed by atoms with Crippen LogP contribution in [0.2, 0.25) is 0 Å². The summed E-state index contributed by atoms with van der Waals surface area (Å²) in [7, 11) is 1.00. The van der Waals surface area contributed by atoms with Gasteiger partial charge in [0.15, 0.2) is 12.6 Å². The monoisotopic (exact) mass is 1920 g/mol. The molecule has 32 unspecified atom stereocenters. The number of methoxy groups -OCH3 is 1. The fourth-order valence-electron chi connectivity index (χ4n) is 17.1. The Morgan fingerprint density at radius 3 is 1.16 bits per heavy atom. The van der Waals surface area contributed by atoms with Crippen molar-refractivity contribution in [3.8, 4) is 0 Å². The van der Waals surface area contributed by atoms with Crippen molar-refractivity contribution in [2.75, 3.05) is 66.6 Å². The molecule has 0 aromatic rings. The summed E-state index contributed by atoms with van der Waals surface area (Å²) in [5, 5.41) is 272. The van der Waals surface area contributed by atoms with E-state index in [4.69, 9.17) is 52.1 Å². The third kappa shape index (κ3) is 35.4. The quantitative estimate of drug-likeness (QED) is 0.0253. The first-order valence-electron chi connectivity index (χ1n) is 46.8. The zero-order valence-electron chi connectivity index (χ0n) is 75.9. The number of hydrogen-bond acceptors (Lipinski definition) is 39. The molecule has 5 fully saturated rings. The number of aliphatic carboxylic acids is 3. The molecule has 0 spiro atoms. The van der Waals surface area contributed by atoms with Crippen LogP contribution in [0.15, 0.2) is 0 Å². The van der Waals surface area contributed by atoms with E-state index in [1.807, 2.05) is 0 Å². The molecule has 46 heteroatoms. The Balaban J connectivity index is 1.27. The number of unbranched alkanes of at least 4 members (excludes halogenated alkanes) is 28. The van der Waals surface area contributed by atoms with E-state index in [1.54, 1.807) is 0 Å². The van der Waals surface area contributed by atoms with Gasteiger partial charge in [-0.25, -0.2) is 14.4 Å². The van der Waals surface area contributed by atoms with Crippen molar-refractivity contribution in [3.63, 3.8) is 0 Å². The van der Waals surface area contributed by atoms with Crippen LogP contribution in [0, 0.1) is 0 Å². The van der Waals surface area contributed by atoms with Crippen LogP contribution in [0.25, 0.3) is 0 Å². The topological polar surface area (TPSA) is 755 Å². The molecule has 4 amide bonds. The number of amides is 4. The summed E-state index contributed by atoms with van der Waals surface area (Å²) in [6.07, 6.45) is -25.1. The van der Waals surface area contributed by atoms with Gasteiger partial charge in [-0.2, -0.15) is 0 Å². The second-order valence-corrected chi connectivity index (χ2v) is 35.3. The first-order valence-corrected chi connectivity index (χ1v) is 46.8. The minimum absolute atomic E-state index is 0.0582. The maximum absolute atomic E-state index is 14.1. The molecule has 0 aromatic carbocycles. The normalized spacial score (nSPS) is 31.6. The summed E-state index contributed by atoms with van der Waals surface area (Å²) < 4.78 is 61.8. The maximum Gasteiger partial charge on any atom is 0.364 e. The summed E-state index contributed by atoms with van der Waals surface area (Å²) in [6, 6.07) is -7.65. The number of hydrogen-bond donors (Lipinski definition) is 28. The smallest absolute Gasteiger partial charge is 0.364 e. The SMILES string of the molecule is CCCCCCCCCCCCCCCCCCCCCC(O)C(=O)NC(COC1OC(CO)C(OC2OC(CO)C(O)C(OC3(C(=O)O)CC(O)C(NC(=O)COC4(C(=O)O)CC(O)C(NC(=O)COC5(C(=O)O)CC(O)C(NC(=O)CO)C(C(O)C(CO)OC)O5)C(C(O)C(O)CO)O4)C(C(O)C(O)CO)O3)C2O)C(O)C1O)C(O)C(O)CCCCCCCCCCCCC. The van der Waals surface area contributed by atoms with Crippen LogP contribution in [0.3, 0.4) is 0 Å². The summed E-state index contributed by atoms with van der Waals surface area (Å²) in [4.78, 5) is 93.5. The Labute approximate surface area is 767 Å². The highest BCUT2D eigenvalue weighted by Gasteiger charge is 2.63. The Bertz CT molecular complexity index is 3280. The molecule has 28 N–H and O–H groups in total. The van der Waals surface area contributed by atoms with Crippen LogP contribution in [-0.2, 0) is 85.7 Å². The average Bonchev–Trinajstić information content (AvgIpc) is 0.744. The lowest BCUT2D eigenvalue weighted by atomic mass is 9.88.